The molecule has 0 atom stereocenters. The minimum Gasteiger partial charge on any atom is -0.422 e. The molecule has 4 rings (SSSR count). The van der Waals surface area contributed by atoms with Crippen LogP contribution in [0.5, 0.6) is 0 Å². The highest BCUT2D eigenvalue weighted by molar-refractivity contribution is 8.21. The first-order valence-electron chi connectivity index (χ1n) is 9.74. The van der Waals surface area contributed by atoms with Gasteiger partial charge in [0.05, 0.1) is 5.69 Å². The lowest BCUT2D eigenvalue weighted by Crippen LogP contribution is -2.26. The summed E-state index contributed by atoms with van der Waals surface area (Å²) in [4.78, 5) is 22.2. The highest BCUT2D eigenvalue weighted by Gasteiger charge is 2.34. The molecule has 1 amide bonds. The van der Waals surface area contributed by atoms with Crippen molar-refractivity contribution in [2.75, 3.05) is 16.8 Å². The van der Waals surface area contributed by atoms with Crippen molar-refractivity contribution in [3.63, 3.8) is 0 Å². The minimum atomic E-state index is -0.567. The number of carbonyl (C=O) groups is 1. The van der Waals surface area contributed by atoms with Crippen molar-refractivity contribution in [3.8, 4) is 0 Å². The van der Waals surface area contributed by atoms with E-state index in [2.05, 4.69) is 31.0 Å². The quantitative estimate of drug-likeness (QED) is 0.409. The average molecular weight is 472 g/mol. The number of aryl methyl sites for hydroxylation is 1. The van der Waals surface area contributed by atoms with Crippen LogP contribution in [0.1, 0.15) is 24.0 Å². The van der Waals surface area contributed by atoms with Gasteiger partial charge in [0, 0.05) is 24.1 Å². The van der Waals surface area contributed by atoms with E-state index in [0.717, 1.165) is 17.1 Å². The van der Waals surface area contributed by atoms with Crippen LogP contribution in [0.25, 0.3) is 0 Å². The number of nitrogens with zero attached hydrogens (tertiary/aromatic N) is 6. The Labute approximate surface area is 193 Å². The first-order chi connectivity index (χ1) is 15.5. The number of pyridine rings is 1. The van der Waals surface area contributed by atoms with Crippen molar-refractivity contribution in [3.05, 3.63) is 65.6 Å². The van der Waals surface area contributed by atoms with Crippen LogP contribution < -0.4 is 5.32 Å². The Morgan fingerprint density at radius 1 is 1.19 bits per heavy atom. The van der Waals surface area contributed by atoms with Crippen molar-refractivity contribution < 1.29 is 14.4 Å². The highest BCUT2D eigenvalue weighted by atomic mass is 32.2. The number of nitrogens with one attached hydrogen (secondary N) is 1. The number of ether oxygens (including phenoxy) is 1. The van der Waals surface area contributed by atoms with Crippen molar-refractivity contribution in [2.45, 2.75) is 17.8 Å². The molecule has 0 unspecified atom stereocenters. The van der Waals surface area contributed by atoms with Gasteiger partial charge in [-0.1, -0.05) is 41.6 Å². The first kappa shape index (κ1) is 22.1. The van der Waals surface area contributed by atoms with E-state index >= 15 is 0 Å². The number of aromatic nitrogens is 5. The number of thioether (sulfide) groups is 2. The monoisotopic (exact) mass is 471 g/mol. The van der Waals surface area contributed by atoms with E-state index in [4.69, 9.17) is 9.57 Å². The van der Waals surface area contributed by atoms with Gasteiger partial charge in [-0.25, -0.2) is 14.5 Å². The molecular formula is C20H21N7O3S2. The lowest BCUT2D eigenvalue weighted by molar-refractivity contribution is 0.128. The third-order valence-electron chi connectivity index (χ3n) is 4.37. The van der Waals surface area contributed by atoms with Gasteiger partial charge in [-0.3, -0.25) is 5.32 Å². The van der Waals surface area contributed by atoms with E-state index < -0.39 is 10.4 Å². The molecule has 2 aromatic heterocycles. The summed E-state index contributed by atoms with van der Waals surface area (Å²) in [5.41, 5.74) is 1.90. The van der Waals surface area contributed by atoms with E-state index in [1.54, 1.807) is 48.8 Å². The molecule has 12 heteroatoms. The highest BCUT2D eigenvalue weighted by Crippen LogP contribution is 2.44. The molecule has 1 fully saturated rings. The van der Waals surface area contributed by atoms with Gasteiger partial charge in [0.1, 0.15) is 5.82 Å². The fourth-order valence-corrected chi connectivity index (χ4v) is 5.41. The van der Waals surface area contributed by atoms with E-state index in [1.165, 1.54) is 4.68 Å². The van der Waals surface area contributed by atoms with Gasteiger partial charge in [0.15, 0.2) is 12.3 Å². The number of hydrogen-bond donors (Lipinski definition) is 1. The third-order valence-corrected chi connectivity index (χ3v) is 7.37. The normalized spacial score (nSPS) is 15.4. The summed E-state index contributed by atoms with van der Waals surface area (Å²) < 4.78 is 6.47. The molecule has 1 aliphatic heterocycles. The average Bonchev–Trinajstić information content (AvgIpc) is 3.40. The van der Waals surface area contributed by atoms with E-state index in [9.17, 15) is 4.79 Å². The van der Waals surface area contributed by atoms with E-state index in [0.29, 0.717) is 23.0 Å². The predicted octanol–water partition coefficient (Wildman–Crippen LogP) is 3.28. The second-order valence-corrected chi connectivity index (χ2v) is 10.0. The molecule has 166 valence electrons. The van der Waals surface area contributed by atoms with E-state index in [-0.39, 0.29) is 6.61 Å². The van der Waals surface area contributed by atoms with Gasteiger partial charge >= 0.3 is 6.09 Å². The largest absolute Gasteiger partial charge is 0.422 e. The molecule has 1 aliphatic rings. The number of benzene rings is 1. The molecule has 0 aliphatic carbocycles. The second kappa shape index (κ2) is 10.0. The molecular weight excluding hydrogens is 450 g/mol. The van der Waals surface area contributed by atoms with Crippen molar-refractivity contribution in [1.82, 2.24) is 25.2 Å². The summed E-state index contributed by atoms with van der Waals surface area (Å²) in [6, 6.07) is 14.7. The van der Waals surface area contributed by atoms with Crippen LogP contribution in [0.15, 0.2) is 53.7 Å². The number of hydrogen-bond acceptors (Lipinski definition) is 10. The van der Waals surface area contributed by atoms with Gasteiger partial charge in [-0.2, -0.15) is 0 Å². The molecule has 0 bridgehead atoms. The molecule has 0 saturated carbocycles. The Morgan fingerprint density at radius 2 is 1.97 bits per heavy atom. The zero-order valence-corrected chi connectivity index (χ0v) is 19.1. The SMILES string of the molecule is Cn1nnnc1/C(=N\OCc1cccc(NC(=O)OC2(C)SCCS2)n1)c1ccccc1. The maximum atomic E-state index is 12.2. The summed E-state index contributed by atoms with van der Waals surface area (Å²) in [5.74, 6) is 2.75. The van der Waals surface area contributed by atoms with Gasteiger partial charge in [0.25, 0.3) is 0 Å². The van der Waals surface area contributed by atoms with Crippen LogP contribution in [0, 0.1) is 0 Å². The number of oxime groups is 1. The Kier molecular flexibility index (Phi) is 6.90. The molecule has 3 aromatic rings. The van der Waals surface area contributed by atoms with Gasteiger partial charge in [-0.15, -0.1) is 28.6 Å². The second-order valence-electron chi connectivity index (χ2n) is 6.79. The predicted molar refractivity (Wildman–Crippen MR) is 123 cm³/mol. The number of anilines is 1. The Hall–Kier alpha value is -3.12. The van der Waals surface area contributed by atoms with Crippen LogP contribution in [0.3, 0.4) is 0 Å². The van der Waals surface area contributed by atoms with Gasteiger partial charge < -0.3 is 9.57 Å². The van der Waals surface area contributed by atoms with Crippen LogP contribution in [-0.4, -0.2) is 52.8 Å². The molecule has 1 saturated heterocycles. The number of amides is 1. The van der Waals surface area contributed by atoms with Crippen LogP contribution >= 0.6 is 23.5 Å². The lowest BCUT2D eigenvalue weighted by Gasteiger charge is -2.21. The molecule has 0 radical (unpaired) electrons. The Bertz CT molecular complexity index is 1100. The third kappa shape index (κ3) is 5.56. The summed E-state index contributed by atoms with van der Waals surface area (Å²) >= 11 is 3.21. The molecule has 32 heavy (non-hydrogen) atoms. The van der Waals surface area contributed by atoms with Gasteiger partial charge in [-0.05, 0) is 29.5 Å². The zero-order chi connectivity index (χ0) is 22.4. The first-order valence-corrected chi connectivity index (χ1v) is 11.7. The zero-order valence-electron chi connectivity index (χ0n) is 17.5. The molecule has 10 nitrogen and oxygen atoms in total. The smallest absolute Gasteiger partial charge is 0.414 e. The summed E-state index contributed by atoms with van der Waals surface area (Å²) in [6.07, 6.45) is -0.542. The fraction of sp³-hybridized carbons (Fsp3) is 0.300. The number of tetrazole rings is 1. The minimum absolute atomic E-state index is 0.0929. The standard InChI is InChI=1S/C20H21N7O3S2/c1-20(31-11-12-32-20)30-19(28)22-16-10-6-9-15(21-16)13-29-24-17(14-7-4-3-5-8-14)18-23-25-26-27(18)2/h3-10H,11-13H2,1-2H3,(H,21,22,28)/b24-17-. The molecule has 1 N–H and O–H groups in total. The Balaban J connectivity index is 1.42. The van der Waals surface area contributed by atoms with E-state index in [1.807, 2.05) is 37.3 Å². The summed E-state index contributed by atoms with van der Waals surface area (Å²) in [6.45, 7) is 1.98. The van der Waals surface area contributed by atoms with Crippen LogP contribution in [-0.2, 0) is 23.2 Å². The summed E-state index contributed by atoms with van der Waals surface area (Å²) in [5, 5.41) is 18.5. The number of rotatable bonds is 7. The molecule has 3 heterocycles. The van der Waals surface area contributed by atoms with Crippen LogP contribution in [0.2, 0.25) is 0 Å². The fourth-order valence-electron chi connectivity index (χ4n) is 2.89. The Morgan fingerprint density at radius 3 is 2.69 bits per heavy atom. The number of carbonyl (C=O) groups excluding carboxylic acids is 1. The molecule has 0 spiro atoms. The van der Waals surface area contributed by atoms with Crippen molar-refractivity contribution >= 4 is 41.1 Å². The maximum absolute atomic E-state index is 12.2. The van der Waals surface area contributed by atoms with Crippen molar-refractivity contribution in [2.24, 2.45) is 12.2 Å². The molecule has 1 aromatic carbocycles. The summed E-state index contributed by atoms with van der Waals surface area (Å²) in [7, 11) is 1.73. The lowest BCUT2D eigenvalue weighted by atomic mass is 10.1. The van der Waals surface area contributed by atoms with Gasteiger partial charge in [0.2, 0.25) is 10.1 Å². The topological polar surface area (TPSA) is 116 Å². The van der Waals surface area contributed by atoms with Crippen molar-refractivity contribution in [1.29, 1.82) is 0 Å². The maximum Gasteiger partial charge on any atom is 0.414 e. The van der Waals surface area contributed by atoms with Crippen LogP contribution in [0.4, 0.5) is 10.6 Å².